The van der Waals surface area contributed by atoms with Gasteiger partial charge in [0.15, 0.2) is 0 Å². The van der Waals surface area contributed by atoms with Crippen molar-refractivity contribution >= 4 is 22.5 Å². The predicted octanol–water partition coefficient (Wildman–Crippen LogP) is 3.69. The van der Waals surface area contributed by atoms with E-state index in [4.69, 9.17) is 16.0 Å². The molecule has 0 radical (unpaired) electrons. The third-order valence-corrected chi connectivity index (χ3v) is 3.70. The molecule has 112 valence electrons. The van der Waals surface area contributed by atoms with Gasteiger partial charge in [0.05, 0.1) is 11.6 Å². The highest BCUT2D eigenvalue weighted by Gasteiger charge is 2.15. The SMILES string of the molecule is O=c1c2cccnc2c(-c2cccc(Cl)c2)nn1-c1ccco1. The first kappa shape index (κ1) is 13.7. The van der Waals surface area contributed by atoms with Gasteiger partial charge in [-0.15, -0.1) is 0 Å². The summed E-state index contributed by atoms with van der Waals surface area (Å²) in [7, 11) is 0. The highest BCUT2D eigenvalue weighted by molar-refractivity contribution is 6.30. The smallest absolute Gasteiger partial charge is 0.283 e. The monoisotopic (exact) mass is 323 g/mol. The molecule has 23 heavy (non-hydrogen) atoms. The number of pyridine rings is 1. The molecule has 0 bridgehead atoms. The number of hydrogen-bond donors (Lipinski definition) is 0. The largest absolute Gasteiger partial charge is 0.447 e. The Bertz CT molecular complexity index is 1060. The third kappa shape index (κ3) is 2.31. The van der Waals surface area contributed by atoms with Crippen molar-refractivity contribution < 1.29 is 4.42 Å². The molecular formula is C17H10ClN3O2. The van der Waals surface area contributed by atoms with E-state index in [1.807, 2.05) is 12.1 Å². The van der Waals surface area contributed by atoms with Crippen LogP contribution >= 0.6 is 11.6 Å². The van der Waals surface area contributed by atoms with Gasteiger partial charge in [0.1, 0.15) is 11.2 Å². The summed E-state index contributed by atoms with van der Waals surface area (Å²) in [6.45, 7) is 0. The molecule has 0 amide bonds. The molecule has 1 aromatic carbocycles. The van der Waals surface area contributed by atoms with Crippen molar-refractivity contribution in [3.05, 3.63) is 76.4 Å². The van der Waals surface area contributed by atoms with Crippen molar-refractivity contribution in [3.8, 4) is 17.1 Å². The highest BCUT2D eigenvalue weighted by Crippen LogP contribution is 2.25. The summed E-state index contributed by atoms with van der Waals surface area (Å²) in [6, 6.07) is 14.1. The Kier molecular flexibility index (Phi) is 3.20. The van der Waals surface area contributed by atoms with E-state index in [-0.39, 0.29) is 5.56 Å². The zero-order valence-electron chi connectivity index (χ0n) is 11.8. The number of fused-ring (bicyclic) bond motifs is 1. The molecular weight excluding hydrogens is 314 g/mol. The van der Waals surface area contributed by atoms with E-state index in [1.54, 1.807) is 42.6 Å². The van der Waals surface area contributed by atoms with E-state index in [0.29, 0.717) is 27.5 Å². The van der Waals surface area contributed by atoms with E-state index in [0.717, 1.165) is 5.56 Å². The summed E-state index contributed by atoms with van der Waals surface area (Å²) < 4.78 is 6.55. The van der Waals surface area contributed by atoms with E-state index in [1.165, 1.54) is 10.9 Å². The molecule has 0 atom stereocenters. The van der Waals surface area contributed by atoms with Gasteiger partial charge in [0.2, 0.25) is 5.88 Å². The van der Waals surface area contributed by atoms with Gasteiger partial charge in [0.25, 0.3) is 5.56 Å². The van der Waals surface area contributed by atoms with Crippen LogP contribution < -0.4 is 5.56 Å². The van der Waals surface area contributed by atoms with Crippen LogP contribution in [0.5, 0.6) is 0 Å². The van der Waals surface area contributed by atoms with Crippen molar-refractivity contribution in [1.29, 1.82) is 0 Å². The number of aromatic nitrogens is 3. The average molecular weight is 324 g/mol. The number of benzene rings is 1. The van der Waals surface area contributed by atoms with Crippen molar-refractivity contribution in [2.45, 2.75) is 0 Å². The minimum Gasteiger partial charge on any atom is -0.447 e. The number of nitrogens with zero attached hydrogens (tertiary/aromatic N) is 3. The fourth-order valence-corrected chi connectivity index (χ4v) is 2.63. The molecule has 0 aliphatic rings. The topological polar surface area (TPSA) is 60.9 Å². The molecule has 0 saturated heterocycles. The molecule has 3 heterocycles. The quantitative estimate of drug-likeness (QED) is 0.564. The van der Waals surface area contributed by atoms with Crippen LogP contribution in [0, 0.1) is 0 Å². The summed E-state index contributed by atoms with van der Waals surface area (Å²) in [5.74, 6) is 0.351. The van der Waals surface area contributed by atoms with Gasteiger partial charge in [-0.2, -0.15) is 9.78 Å². The van der Waals surface area contributed by atoms with Gasteiger partial charge in [0, 0.05) is 22.8 Å². The molecule has 0 saturated carbocycles. The number of hydrogen-bond acceptors (Lipinski definition) is 4. The van der Waals surface area contributed by atoms with Crippen LogP contribution in [0.25, 0.3) is 28.0 Å². The Morgan fingerprint density at radius 3 is 2.78 bits per heavy atom. The highest BCUT2D eigenvalue weighted by atomic mass is 35.5. The summed E-state index contributed by atoms with van der Waals surface area (Å²) in [5, 5.41) is 5.50. The first-order chi connectivity index (χ1) is 11.2. The lowest BCUT2D eigenvalue weighted by Gasteiger charge is -2.09. The number of halogens is 1. The minimum atomic E-state index is -0.283. The summed E-state index contributed by atoms with van der Waals surface area (Å²) >= 11 is 6.08. The zero-order valence-corrected chi connectivity index (χ0v) is 12.6. The van der Waals surface area contributed by atoms with Crippen molar-refractivity contribution in [3.63, 3.8) is 0 Å². The van der Waals surface area contributed by atoms with Crippen LogP contribution in [-0.4, -0.2) is 14.8 Å². The standard InChI is InChI=1S/C17H10ClN3O2/c18-12-5-1-4-11(10-12)15-16-13(6-2-8-19-16)17(22)21(20-15)14-7-3-9-23-14/h1-10H. The lowest BCUT2D eigenvalue weighted by Crippen LogP contribution is -2.22. The van der Waals surface area contributed by atoms with Crippen LogP contribution in [0.2, 0.25) is 5.02 Å². The second-order valence-corrected chi connectivity index (χ2v) is 5.36. The van der Waals surface area contributed by atoms with E-state index in [9.17, 15) is 4.79 Å². The van der Waals surface area contributed by atoms with Gasteiger partial charge in [-0.25, -0.2) is 0 Å². The lowest BCUT2D eigenvalue weighted by atomic mass is 10.1. The molecule has 0 aliphatic carbocycles. The first-order valence-corrected chi connectivity index (χ1v) is 7.30. The normalized spacial score (nSPS) is 11.0. The van der Waals surface area contributed by atoms with Gasteiger partial charge < -0.3 is 4.42 Å². The van der Waals surface area contributed by atoms with Crippen LogP contribution in [-0.2, 0) is 0 Å². The maximum absolute atomic E-state index is 12.7. The minimum absolute atomic E-state index is 0.283. The molecule has 0 spiro atoms. The Labute approximate surface area is 135 Å². The molecule has 0 aliphatic heterocycles. The molecule has 4 rings (SSSR count). The molecule has 0 unspecified atom stereocenters. The maximum Gasteiger partial charge on any atom is 0.283 e. The lowest BCUT2D eigenvalue weighted by molar-refractivity contribution is 0.515. The molecule has 0 N–H and O–H groups in total. The molecule has 6 heteroatoms. The molecule has 0 fully saturated rings. The van der Waals surface area contributed by atoms with Crippen molar-refractivity contribution in [2.75, 3.05) is 0 Å². The molecule has 5 nitrogen and oxygen atoms in total. The number of furan rings is 1. The van der Waals surface area contributed by atoms with Gasteiger partial charge in [-0.3, -0.25) is 9.78 Å². The maximum atomic E-state index is 12.7. The second kappa shape index (κ2) is 5.37. The van der Waals surface area contributed by atoms with E-state index >= 15 is 0 Å². The van der Waals surface area contributed by atoms with Crippen molar-refractivity contribution in [1.82, 2.24) is 14.8 Å². The van der Waals surface area contributed by atoms with Crippen LogP contribution in [0.1, 0.15) is 0 Å². The zero-order chi connectivity index (χ0) is 15.8. The van der Waals surface area contributed by atoms with Gasteiger partial charge in [-0.1, -0.05) is 23.7 Å². The van der Waals surface area contributed by atoms with Crippen LogP contribution in [0.4, 0.5) is 0 Å². The first-order valence-electron chi connectivity index (χ1n) is 6.92. The average Bonchev–Trinajstić information content (AvgIpc) is 3.10. The Hall–Kier alpha value is -2.92. The van der Waals surface area contributed by atoms with Crippen LogP contribution in [0.15, 0.2) is 70.2 Å². The number of rotatable bonds is 2. The molecule has 3 aromatic heterocycles. The second-order valence-electron chi connectivity index (χ2n) is 4.93. The van der Waals surface area contributed by atoms with E-state index in [2.05, 4.69) is 10.1 Å². The predicted molar refractivity (Wildman–Crippen MR) is 87.8 cm³/mol. The van der Waals surface area contributed by atoms with E-state index < -0.39 is 0 Å². The fourth-order valence-electron chi connectivity index (χ4n) is 2.44. The van der Waals surface area contributed by atoms with Gasteiger partial charge in [-0.05, 0) is 30.3 Å². The summed E-state index contributed by atoms with van der Waals surface area (Å²) in [5.41, 5.74) is 1.59. The van der Waals surface area contributed by atoms with Crippen LogP contribution in [0.3, 0.4) is 0 Å². The summed E-state index contributed by atoms with van der Waals surface area (Å²) in [6.07, 6.45) is 3.13. The Balaban J connectivity index is 2.11. The van der Waals surface area contributed by atoms with Crippen molar-refractivity contribution in [2.24, 2.45) is 0 Å². The molecule has 4 aromatic rings. The Morgan fingerprint density at radius 1 is 1.09 bits per heavy atom. The summed E-state index contributed by atoms with van der Waals surface area (Å²) in [4.78, 5) is 17.0. The van der Waals surface area contributed by atoms with Gasteiger partial charge >= 0.3 is 0 Å². The Morgan fingerprint density at radius 2 is 2.00 bits per heavy atom. The third-order valence-electron chi connectivity index (χ3n) is 3.47. The fraction of sp³-hybridized carbons (Fsp3) is 0.